The predicted octanol–water partition coefficient (Wildman–Crippen LogP) is 0.765. The van der Waals surface area contributed by atoms with E-state index in [1.165, 1.54) is 0 Å². The van der Waals surface area contributed by atoms with Crippen molar-refractivity contribution in [3.05, 3.63) is 23.8 Å². The van der Waals surface area contributed by atoms with Gasteiger partial charge in [-0.3, -0.25) is 4.79 Å². The zero-order valence-electron chi connectivity index (χ0n) is 10.5. The maximum atomic E-state index is 11.6. The summed E-state index contributed by atoms with van der Waals surface area (Å²) in [6, 6.07) is 5.86. The summed E-state index contributed by atoms with van der Waals surface area (Å²) in [6.45, 7) is 1.36. The van der Waals surface area contributed by atoms with E-state index in [9.17, 15) is 4.79 Å². The van der Waals surface area contributed by atoms with Crippen molar-refractivity contribution >= 4 is 5.91 Å². The molecule has 98 valence electrons. The maximum absolute atomic E-state index is 11.6. The topological polar surface area (TPSA) is 64.8 Å². The highest BCUT2D eigenvalue weighted by Gasteiger charge is 2.13. The molecule has 1 aliphatic heterocycles. The molecule has 1 heterocycles. The van der Waals surface area contributed by atoms with Crippen LogP contribution in [0.4, 0.5) is 0 Å². The Bertz CT molecular complexity index is 434. The molecule has 18 heavy (non-hydrogen) atoms. The van der Waals surface area contributed by atoms with Crippen LogP contribution in [0.3, 0.4) is 0 Å². The lowest BCUT2D eigenvalue weighted by molar-refractivity contribution is -0.129. The average Bonchev–Trinajstić information content (AvgIpc) is 2.83. The molecule has 0 aliphatic carbocycles. The Kier molecular flexibility index (Phi) is 4.04. The SMILES string of the molecule is CN(CCc1ccc2c(c1)OCO2)C(=O)CCN. The summed E-state index contributed by atoms with van der Waals surface area (Å²) in [4.78, 5) is 13.3. The van der Waals surface area contributed by atoms with Gasteiger partial charge in [0.05, 0.1) is 0 Å². The first-order valence-electron chi connectivity index (χ1n) is 6.03. The monoisotopic (exact) mass is 250 g/mol. The van der Waals surface area contributed by atoms with Crippen molar-refractivity contribution in [3.63, 3.8) is 0 Å². The minimum absolute atomic E-state index is 0.0817. The lowest BCUT2D eigenvalue weighted by Gasteiger charge is -2.16. The standard InChI is InChI=1S/C13H18N2O3/c1-15(13(16)4-6-14)7-5-10-2-3-11-12(8-10)18-9-17-11/h2-3,8H,4-7,9,14H2,1H3. The van der Waals surface area contributed by atoms with E-state index >= 15 is 0 Å². The Morgan fingerprint density at radius 2 is 2.17 bits per heavy atom. The van der Waals surface area contributed by atoms with Gasteiger partial charge < -0.3 is 20.1 Å². The summed E-state index contributed by atoms with van der Waals surface area (Å²) in [7, 11) is 1.80. The molecule has 1 aromatic carbocycles. The van der Waals surface area contributed by atoms with Crippen LogP contribution in [-0.2, 0) is 11.2 Å². The van der Waals surface area contributed by atoms with Gasteiger partial charge >= 0.3 is 0 Å². The molecule has 5 nitrogen and oxygen atoms in total. The quantitative estimate of drug-likeness (QED) is 0.838. The van der Waals surface area contributed by atoms with Crippen molar-refractivity contribution in [3.8, 4) is 11.5 Å². The fraction of sp³-hybridized carbons (Fsp3) is 0.462. The van der Waals surface area contributed by atoms with Gasteiger partial charge in [0.15, 0.2) is 11.5 Å². The van der Waals surface area contributed by atoms with Crippen molar-refractivity contribution in [1.82, 2.24) is 4.90 Å². The summed E-state index contributed by atoms with van der Waals surface area (Å²) in [5, 5.41) is 0. The molecule has 0 unspecified atom stereocenters. The van der Waals surface area contributed by atoms with E-state index in [-0.39, 0.29) is 12.7 Å². The first-order chi connectivity index (χ1) is 8.70. The molecule has 0 fully saturated rings. The van der Waals surface area contributed by atoms with Gasteiger partial charge in [-0.05, 0) is 24.1 Å². The third-order valence-corrected chi connectivity index (χ3v) is 2.96. The lowest BCUT2D eigenvalue weighted by Crippen LogP contribution is -2.30. The van der Waals surface area contributed by atoms with Crippen LogP contribution >= 0.6 is 0 Å². The number of fused-ring (bicyclic) bond motifs is 1. The van der Waals surface area contributed by atoms with E-state index in [1.54, 1.807) is 11.9 Å². The highest BCUT2D eigenvalue weighted by molar-refractivity contribution is 5.76. The number of benzene rings is 1. The second-order valence-corrected chi connectivity index (χ2v) is 4.29. The number of nitrogens with two attached hydrogens (primary N) is 1. The molecule has 5 heteroatoms. The van der Waals surface area contributed by atoms with Gasteiger partial charge in [-0.25, -0.2) is 0 Å². The normalized spacial score (nSPS) is 12.6. The van der Waals surface area contributed by atoms with Crippen LogP contribution in [-0.4, -0.2) is 37.7 Å². The van der Waals surface area contributed by atoms with E-state index < -0.39 is 0 Å². The average molecular weight is 250 g/mol. The predicted molar refractivity (Wildman–Crippen MR) is 67.6 cm³/mol. The molecule has 0 aromatic heterocycles. The molecule has 2 rings (SSSR count). The molecule has 2 N–H and O–H groups in total. The zero-order valence-corrected chi connectivity index (χ0v) is 10.5. The molecule has 0 atom stereocenters. The second kappa shape index (κ2) is 5.73. The van der Waals surface area contributed by atoms with E-state index in [0.29, 0.717) is 19.5 Å². The maximum Gasteiger partial charge on any atom is 0.231 e. The van der Waals surface area contributed by atoms with E-state index in [4.69, 9.17) is 15.2 Å². The Balaban J connectivity index is 1.88. The number of rotatable bonds is 5. The van der Waals surface area contributed by atoms with Gasteiger partial charge in [-0.1, -0.05) is 6.07 Å². The van der Waals surface area contributed by atoms with Gasteiger partial charge in [0, 0.05) is 26.6 Å². The molecular formula is C13H18N2O3. The number of carbonyl (C=O) groups excluding carboxylic acids is 1. The third-order valence-electron chi connectivity index (χ3n) is 2.96. The first-order valence-corrected chi connectivity index (χ1v) is 6.03. The van der Waals surface area contributed by atoms with Crippen LogP contribution in [0.2, 0.25) is 0 Å². The summed E-state index contributed by atoms with van der Waals surface area (Å²) in [6.07, 6.45) is 1.20. The highest BCUT2D eigenvalue weighted by Crippen LogP contribution is 2.32. The van der Waals surface area contributed by atoms with Crippen LogP contribution < -0.4 is 15.2 Å². The lowest BCUT2D eigenvalue weighted by atomic mass is 10.1. The van der Waals surface area contributed by atoms with Crippen LogP contribution in [0, 0.1) is 0 Å². The fourth-order valence-electron chi connectivity index (χ4n) is 1.83. The van der Waals surface area contributed by atoms with Crippen molar-refractivity contribution in [2.75, 3.05) is 26.9 Å². The summed E-state index contributed by atoms with van der Waals surface area (Å²) >= 11 is 0. The minimum atomic E-state index is 0.0817. The number of amides is 1. The molecule has 0 radical (unpaired) electrons. The first kappa shape index (κ1) is 12.7. The van der Waals surface area contributed by atoms with E-state index in [2.05, 4.69) is 0 Å². The Morgan fingerprint density at radius 1 is 1.39 bits per heavy atom. The Morgan fingerprint density at radius 3 is 2.94 bits per heavy atom. The number of likely N-dealkylation sites (N-methyl/N-ethyl adjacent to an activating group) is 1. The van der Waals surface area contributed by atoms with Gasteiger partial charge in [-0.15, -0.1) is 0 Å². The molecule has 1 aliphatic rings. The molecular weight excluding hydrogens is 232 g/mol. The highest BCUT2D eigenvalue weighted by atomic mass is 16.7. The van der Waals surface area contributed by atoms with Crippen molar-refractivity contribution in [2.45, 2.75) is 12.8 Å². The molecule has 1 aromatic rings. The Labute approximate surface area is 106 Å². The van der Waals surface area contributed by atoms with Gasteiger partial charge in [0.25, 0.3) is 0 Å². The minimum Gasteiger partial charge on any atom is -0.454 e. The number of carbonyl (C=O) groups is 1. The van der Waals surface area contributed by atoms with Crippen LogP contribution in [0.15, 0.2) is 18.2 Å². The largest absolute Gasteiger partial charge is 0.454 e. The molecule has 0 saturated carbocycles. The number of hydrogen-bond donors (Lipinski definition) is 1. The summed E-state index contributed by atoms with van der Waals surface area (Å²) in [5.41, 5.74) is 6.49. The smallest absolute Gasteiger partial charge is 0.231 e. The van der Waals surface area contributed by atoms with Crippen LogP contribution in [0.5, 0.6) is 11.5 Å². The van der Waals surface area contributed by atoms with Crippen molar-refractivity contribution < 1.29 is 14.3 Å². The van der Waals surface area contributed by atoms with Gasteiger partial charge in [0.2, 0.25) is 12.7 Å². The van der Waals surface area contributed by atoms with Crippen molar-refractivity contribution in [2.24, 2.45) is 5.73 Å². The molecule has 0 bridgehead atoms. The van der Waals surface area contributed by atoms with Gasteiger partial charge in [-0.2, -0.15) is 0 Å². The van der Waals surface area contributed by atoms with E-state index in [0.717, 1.165) is 23.5 Å². The fourth-order valence-corrected chi connectivity index (χ4v) is 1.83. The number of hydrogen-bond acceptors (Lipinski definition) is 4. The number of nitrogens with zero attached hydrogens (tertiary/aromatic N) is 1. The number of ether oxygens (including phenoxy) is 2. The summed E-state index contributed by atoms with van der Waals surface area (Å²) in [5.74, 6) is 1.65. The third kappa shape index (κ3) is 2.92. The molecule has 0 spiro atoms. The van der Waals surface area contributed by atoms with E-state index in [1.807, 2.05) is 18.2 Å². The van der Waals surface area contributed by atoms with Crippen LogP contribution in [0.1, 0.15) is 12.0 Å². The molecule has 1 amide bonds. The van der Waals surface area contributed by atoms with Crippen molar-refractivity contribution in [1.29, 1.82) is 0 Å². The Hall–Kier alpha value is -1.75. The second-order valence-electron chi connectivity index (χ2n) is 4.29. The molecule has 0 saturated heterocycles. The zero-order chi connectivity index (χ0) is 13.0. The van der Waals surface area contributed by atoms with Gasteiger partial charge in [0.1, 0.15) is 0 Å². The summed E-state index contributed by atoms with van der Waals surface area (Å²) < 4.78 is 10.6. The van der Waals surface area contributed by atoms with Crippen LogP contribution in [0.25, 0.3) is 0 Å².